The van der Waals surface area contributed by atoms with E-state index in [4.69, 9.17) is 14.2 Å². The molecular weight excluding hydrogens is 322 g/mol. The molecule has 6 heteroatoms. The minimum Gasteiger partial charge on any atom is -0.497 e. The van der Waals surface area contributed by atoms with Crippen LogP contribution in [-0.2, 0) is 20.1 Å². The molecule has 0 aromatic heterocycles. The standard InChI is InChI=1S/C19H19NO5/c1-12(21)24-19(13-6-5-7-15(10-13)23-4)17-9-8-14(20(2)3)11-16(17)18(22)25-19/h5-11H,1-4H3. The zero-order valence-electron chi connectivity index (χ0n) is 14.5. The summed E-state index contributed by atoms with van der Waals surface area (Å²) in [5.74, 6) is -2.14. The highest BCUT2D eigenvalue weighted by molar-refractivity contribution is 5.96. The van der Waals surface area contributed by atoms with Crippen LogP contribution in [0.15, 0.2) is 42.5 Å². The topological polar surface area (TPSA) is 65.1 Å². The number of rotatable bonds is 4. The van der Waals surface area contributed by atoms with Crippen LogP contribution in [0.1, 0.15) is 28.4 Å². The summed E-state index contributed by atoms with van der Waals surface area (Å²) in [6.45, 7) is 1.28. The summed E-state index contributed by atoms with van der Waals surface area (Å²) >= 11 is 0. The van der Waals surface area contributed by atoms with Crippen molar-refractivity contribution in [2.75, 3.05) is 26.1 Å². The number of methoxy groups -OCH3 is 1. The SMILES string of the molecule is COc1cccc(C2(OC(C)=O)OC(=O)c3cc(N(C)C)ccc32)c1. The summed E-state index contributed by atoms with van der Waals surface area (Å²) < 4.78 is 16.4. The van der Waals surface area contributed by atoms with Gasteiger partial charge in [0.15, 0.2) is 0 Å². The van der Waals surface area contributed by atoms with Crippen LogP contribution in [0.3, 0.4) is 0 Å². The molecule has 0 radical (unpaired) electrons. The predicted molar refractivity (Wildman–Crippen MR) is 91.7 cm³/mol. The van der Waals surface area contributed by atoms with Crippen molar-refractivity contribution in [1.29, 1.82) is 0 Å². The quantitative estimate of drug-likeness (QED) is 0.797. The number of esters is 2. The van der Waals surface area contributed by atoms with Gasteiger partial charge in [-0.3, -0.25) is 4.79 Å². The first-order valence-corrected chi connectivity index (χ1v) is 7.76. The van der Waals surface area contributed by atoms with Gasteiger partial charge in [-0.15, -0.1) is 0 Å². The Bertz CT molecular complexity index is 845. The van der Waals surface area contributed by atoms with Crippen LogP contribution in [-0.4, -0.2) is 33.1 Å². The van der Waals surface area contributed by atoms with Gasteiger partial charge in [0.05, 0.1) is 18.2 Å². The Labute approximate surface area is 145 Å². The molecule has 0 saturated carbocycles. The number of benzene rings is 2. The van der Waals surface area contributed by atoms with Gasteiger partial charge in [0.25, 0.3) is 0 Å². The highest BCUT2D eigenvalue weighted by Gasteiger charge is 2.50. The minimum atomic E-state index is -1.61. The molecule has 0 aliphatic carbocycles. The second kappa shape index (κ2) is 6.12. The molecule has 2 aromatic carbocycles. The third-order valence-electron chi connectivity index (χ3n) is 4.07. The molecular formula is C19H19NO5. The molecule has 0 fully saturated rings. The third-order valence-corrected chi connectivity index (χ3v) is 4.07. The van der Waals surface area contributed by atoms with E-state index < -0.39 is 17.7 Å². The minimum absolute atomic E-state index is 0.371. The van der Waals surface area contributed by atoms with Crippen molar-refractivity contribution in [1.82, 2.24) is 0 Å². The van der Waals surface area contributed by atoms with Crippen molar-refractivity contribution < 1.29 is 23.8 Å². The summed E-state index contributed by atoms with van der Waals surface area (Å²) in [7, 11) is 5.29. The van der Waals surface area contributed by atoms with E-state index in [2.05, 4.69) is 0 Å². The van der Waals surface area contributed by atoms with E-state index in [1.54, 1.807) is 36.4 Å². The lowest BCUT2D eigenvalue weighted by atomic mass is 9.94. The zero-order valence-corrected chi connectivity index (χ0v) is 14.5. The van der Waals surface area contributed by atoms with Crippen molar-refractivity contribution in [3.8, 4) is 5.75 Å². The Morgan fingerprint density at radius 3 is 2.56 bits per heavy atom. The first-order valence-electron chi connectivity index (χ1n) is 7.76. The predicted octanol–water partition coefficient (Wildman–Crippen LogP) is 2.70. The number of fused-ring (bicyclic) bond motifs is 1. The molecule has 0 N–H and O–H groups in total. The zero-order chi connectivity index (χ0) is 18.2. The van der Waals surface area contributed by atoms with E-state index in [-0.39, 0.29) is 0 Å². The van der Waals surface area contributed by atoms with E-state index in [1.165, 1.54) is 14.0 Å². The molecule has 1 aliphatic heterocycles. The lowest BCUT2D eigenvalue weighted by Crippen LogP contribution is -2.33. The Kier molecular flexibility index (Phi) is 4.12. The molecule has 2 aromatic rings. The molecule has 0 amide bonds. The first-order chi connectivity index (χ1) is 11.9. The van der Waals surface area contributed by atoms with Crippen molar-refractivity contribution in [3.63, 3.8) is 0 Å². The fourth-order valence-corrected chi connectivity index (χ4v) is 2.89. The monoisotopic (exact) mass is 341 g/mol. The molecule has 130 valence electrons. The fourth-order valence-electron chi connectivity index (χ4n) is 2.89. The molecule has 0 spiro atoms. The number of hydrogen-bond donors (Lipinski definition) is 0. The Balaban J connectivity index is 2.22. The number of hydrogen-bond acceptors (Lipinski definition) is 6. The van der Waals surface area contributed by atoms with Gasteiger partial charge in [0.2, 0.25) is 0 Å². The van der Waals surface area contributed by atoms with E-state index in [1.807, 2.05) is 25.1 Å². The number of ether oxygens (including phenoxy) is 3. The van der Waals surface area contributed by atoms with Gasteiger partial charge in [-0.2, -0.15) is 0 Å². The lowest BCUT2D eigenvalue weighted by Gasteiger charge is -2.28. The third kappa shape index (κ3) is 2.80. The van der Waals surface area contributed by atoms with E-state index in [9.17, 15) is 9.59 Å². The summed E-state index contributed by atoms with van der Waals surface area (Å²) in [6.07, 6.45) is 0. The van der Waals surface area contributed by atoms with Gasteiger partial charge in [-0.1, -0.05) is 12.1 Å². The van der Waals surface area contributed by atoms with Crippen molar-refractivity contribution in [2.45, 2.75) is 12.7 Å². The van der Waals surface area contributed by atoms with Crippen LogP contribution in [0.2, 0.25) is 0 Å². The number of carbonyl (C=O) groups is 2. The molecule has 1 atom stereocenters. The molecule has 25 heavy (non-hydrogen) atoms. The van der Waals surface area contributed by atoms with E-state index >= 15 is 0 Å². The van der Waals surface area contributed by atoms with Crippen LogP contribution < -0.4 is 9.64 Å². The lowest BCUT2D eigenvalue weighted by molar-refractivity contribution is -0.191. The largest absolute Gasteiger partial charge is 0.497 e. The second-order valence-electron chi connectivity index (χ2n) is 5.96. The van der Waals surface area contributed by atoms with Crippen molar-refractivity contribution in [2.24, 2.45) is 0 Å². The maximum absolute atomic E-state index is 12.5. The highest BCUT2D eigenvalue weighted by Crippen LogP contribution is 2.44. The molecule has 1 aliphatic rings. The molecule has 0 saturated heterocycles. The Morgan fingerprint density at radius 2 is 1.92 bits per heavy atom. The smallest absolute Gasteiger partial charge is 0.342 e. The van der Waals surface area contributed by atoms with Crippen molar-refractivity contribution >= 4 is 17.6 Å². The van der Waals surface area contributed by atoms with Gasteiger partial charge in [0.1, 0.15) is 5.75 Å². The Morgan fingerprint density at radius 1 is 1.16 bits per heavy atom. The number of cyclic esters (lactones) is 1. The van der Waals surface area contributed by atoms with Crippen LogP contribution in [0.25, 0.3) is 0 Å². The second-order valence-corrected chi connectivity index (χ2v) is 5.96. The van der Waals surface area contributed by atoms with Crippen LogP contribution in [0.4, 0.5) is 5.69 Å². The molecule has 6 nitrogen and oxygen atoms in total. The normalized spacial score (nSPS) is 18.3. The van der Waals surface area contributed by atoms with Gasteiger partial charge >= 0.3 is 17.7 Å². The van der Waals surface area contributed by atoms with Gasteiger partial charge in [-0.25, -0.2) is 4.79 Å². The number of anilines is 1. The molecule has 3 rings (SSSR count). The summed E-state index contributed by atoms with van der Waals surface area (Å²) in [5, 5.41) is 0. The molecule has 0 bridgehead atoms. The van der Waals surface area contributed by atoms with Crippen molar-refractivity contribution in [3.05, 3.63) is 59.2 Å². The molecule has 1 heterocycles. The first kappa shape index (κ1) is 16.8. The summed E-state index contributed by atoms with van der Waals surface area (Å²) in [5.41, 5.74) is 2.22. The van der Waals surface area contributed by atoms with E-state index in [0.717, 1.165) is 5.69 Å². The van der Waals surface area contributed by atoms with Gasteiger partial charge < -0.3 is 19.1 Å². The summed E-state index contributed by atoms with van der Waals surface area (Å²) in [4.78, 5) is 26.2. The number of nitrogens with zero attached hydrogens (tertiary/aromatic N) is 1. The Hall–Kier alpha value is -3.02. The van der Waals surface area contributed by atoms with Crippen LogP contribution >= 0.6 is 0 Å². The fraction of sp³-hybridized carbons (Fsp3) is 0.263. The maximum Gasteiger partial charge on any atom is 0.342 e. The average molecular weight is 341 g/mol. The highest BCUT2D eigenvalue weighted by atomic mass is 16.7. The van der Waals surface area contributed by atoms with Gasteiger partial charge in [-0.05, 0) is 30.3 Å². The van der Waals surface area contributed by atoms with Crippen LogP contribution in [0.5, 0.6) is 5.75 Å². The maximum atomic E-state index is 12.5. The van der Waals surface area contributed by atoms with E-state index in [0.29, 0.717) is 22.4 Å². The van der Waals surface area contributed by atoms with Gasteiger partial charge in [0, 0.05) is 32.3 Å². The number of carbonyl (C=O) groups excluding carboxylic acids is 2. The van der Waals surface area contributed by atoms with Crippen LogP contribution in [0, 0.1) is 0 Å². The average Bonchev–Trinajstić information content (AvgIpc) is 2.87. The molecule has 1 unspecified atom stereocenters. The summed E-state index contributed by atoms with van der Waals surface area (Å²) in [6, 6.07) is 12.2.